The molecule has 3 saturated carbocycles. The number of rotatable bonds is 6. The number of nitrogens with zero attached hydrogens (tertiary/aromatic N) is 1. The van der Waals surface area contributed by atoms with Gasteiger partial charge in [0.25, 0.3) is 0 Å². The molecule has 1 aromatic carbocycles. The van der Waals surface area contributed by atoms with Gasteiger partial charge in [-0.2, -0.15) is 0 Å². The van der Waals surface area contributed by atoms with Crippen molar-refractivity contribution in [1.82, 2.24) is 4.90 Å². The van der Waals surface area contributed by atoms with E-state index in [2.05, 4.69) is 60.4 Å². The molecule has 9 rings (SSSR count). The van der Waals surface area contributed by atoms with Gasteiger partial charge in [0.1, 0.15) is 11.3 Å². The highest BCUT2D eigenvalue weighted by Gasteiger charge is 2.63. The van der Waals surface area contributed by atoms with Crippen LogP contribution in [0.4, 0.5) is 0 Å². The second-order valence-corrected chi connectivity index (χ2v) is 17.4. The van der Waals surface area contributed by atoms with Crippen molar-refractivity contribution in [3.05, 3.63) is 82.7 Å². The third-order valence-electron chi connectivity index (χ3n) is 15.2. The minimum Gasteiger partial charge on any atom is -0.492 e. The van der Waals surface area contributed by atoms with Gasteiger partial charge in [0.15, 0.2) is 11.5 Å². The summed E-state index contributed by atoms with van der Waals surface area (Å²) in [4.78, 5) is 15.5. The first-order chi connectivity index (χ1) is 24.9. The summed E-state index contributed by atoms with van der Waals surface area (Å²) in [6.45, 7) is 2.67. The van der Waals surface area contributed by atoms with Crippen molar-refractivity contribution >= 4 is 5.97 Å². The predicted octanol–water partition coefficient (Wildman–Crippen LogP) is 7.77. The fraction of sp³-hybridized carbons (Fsp3) is 0.659. The largest absolute Gasteiger partial charge is 0.492 e. The summed E-state index contributed by atoms with van der Waals surface area (Å²) in [6, 6.07) is 11.6. The van der Waals surface area contributed by atoms with E-state index >= 15 is 0 Å². The lowest BCUT2D eigenvalue weighted by Gasteiger charge is -2.53. The number of aliphatic hydroxyl groups excluding tert-OH is 2. The van der Waals surface area contributed by atoms with Crippen LogP contribution in [0.5, 0.6) is 0 Å². The van der Waals surface area contributed by atoms with E-state index in [0.29, 0.717) is 35.2 Å². The number of allylic oxidation sites excluding steroid dienone is 2. The summed E-state index contributed by atoms with van der Waals surface area (Å²) in [5.74, 6) is 4.63. The molecule has 1 spiro atoms. The van der Waals surface area contributed by atoms with Gasteiger partial charge in [0, 0.05) is 36.4 Å². The van der Waals surface area contributed by atoms with E-state index in [4.69, 9.17) is 14.2 Å². The van der Waals surface area contributed by atoms with Gasteiger partial charge in [-0.15, -0.1) is 0 Å². The quantitative estimate of drug-likeness (QED) is 0.232. The van der Waals surface area contributed by atoms with Crippen LogP contribution in [0.3, 0.4) is 0 Å². The molecule has 1 aromatic rings. The maximum Gasteiger partial charge on any atom is 0.345 e. The monoisotopic (exact) mass is 695 g/mol. The third kappa shape index (κ3) is 5.50. The topological polar surface area (TPSA) is 88.5 Å². The number of methoxy groups -OCH3 is 1. The molecule has 2 N–H and O–H groups in total. The maximum atomic E-state index is 13.0. The van der Waals surface area contributed by atoms with Crippen LogP contribution in [-0.2, 0) is 19.0 Å². The Kier molecular flexibility index (Phi) is 9.00. The van der Waals surface area contributed by atoms with Crippen molar-refractivity contribution in [2.24, 2.45) is 46.8 Å². The Morgan fingerprint density at radius 3 is 2.55 bits per heavy atom. The minimum atomic E-state index is -0.575. The van der Waals surface area contributed by atoms with Crippen molar-refractivity contribution in [3.8, 4) is 0 Å². The van der Waals surface area contributed by atoms with E-state index in [-0.39, 0.29) is 46.6 Å². The number of cyclic esters (lactones) is 1. The summed E-state index contributed by atoms with van der Waals surface area (Å²) < 4.78 is 18.1. The molecule has 7 nitrogen and oxygen atoms in total. The molecule has 0 aromatic heterocycles. The number of aliphatic hydroxyl groups is 2. The van der Waals surface area contributed by atoms with E-state index in [0.717, 1.165) is 43.9 Å². The molecular formula is C44H57NO6. The molecule has 0 bridgehead atoms. The Labute approximate surface area is 303 Å². The number of piperidine rings is 1. The highest BCUT2D eigenvalue weighted by atomic mass is 16.6. The van der Waals surface area contributed by atoms with Crippen LogP contribution < -0.4 is 0 Å². The van der Waals surface area contributed by atoms with Crippen LogP contribution in [-0.4, -0.2) is 59.5 Å². The molecule has 8 aliphatic rings. The number of esters is 1. The summed E-state index contributed by atoms with van der Waals surface area (Å²) in [5.41, 5.74) is 1.91. The molecule has 10 atom stereocenters. The van der Waals surface area contributed by atoms with E-state index in [1.807, 2.05) is 0 Å². The lowest BCUT2D eigenvalue weighted by Crippen LogP contribution is -2.61. The average molecular weight is 696 g/mol. The highest BCUT2D eigenvalue weighted by Crippen LogP contribution is 2.67. The number of ether oxygens (including phenoxy) is 3. The lowest BCUT2D eigenvalue weighted by atomic mass is 9.65. The molecule has 7 heteroatoms. The van der Waals surface area contributed by atoms with Gasteiger partial charge in [-0.05, 0) is 91.6 Å². The third-order valence-corrected chi connectivity index (χ3v) is 15.2. The second kappa shape index (κ2) is 13.5. The van der Waals surface area contributed by atoms with E-state index < -0.39 is 18.7 Å². The normalized spacial score (nSPS) is 39.7. The lowest BCUT2D eigenvalue weighted by molar-refractivity contribution is -0.133. The second-order valence-electron chi connectivity index (χ2n) is 17.4. The van der Waals surface area contributed by atoms with Gasteiger partial charge in [-0.25, -0.2) is 4.79 Å². The van der Waals surface area contributed by atoms with Gasteiger partial charge in [0.05, 0.1) is 19.8 Å². The summed E-state index contributed by atoms with van der Waals surface area (Å²) in [7, 11) is 1.51. The van der Waals surface area contributed by atoms with Crippen molar-refractivity contribution < 1.29 is 29.2 Å². The fourth-order valence-electron chi connectivity index (χ4n) is 13.2. The predicted molar refractivity (Wildman–Crippen MR) is 195 cm³/mol. The maximum absolute atomic E-state index is 13.0. The van der Waals surface area contributed by atoms with Crippen molar-refractivity contribution in [2.45, 2.75) is 114 Å². The zero-order valence-electron chi connectivity index (χ0n) is 30.6. The number of benzene rings is 1. The summed E-state index contributed by atoms with van der Waals surface area (Å²) >= 11 is 0. The standard InChI is InChI=1S/C44H57NO6/c1-26-36-34-23-31-32(24-44(19-8-9-20-44)37(31)28-14-4-3-5-15-28)38(39(47)30-17-10-16-29(22-30)27-12-6-7-13-27)45(34)21-11-18-35(36)50-40(26)42-41(49-2)33(25-46)43(48)51-42/h3-5,10,14-15,17-18,26-27,29-32,34,36-39,46-47H,6-9,11-13,16,19-25H2,1-2H3. The molecule has 4 aliphatic heterocycles. The van der Waals surface area contributed by atoms with Gasteiger partial charge < -0.3 is 24.4 Å². The highest BCUT2D eigenvalue weighted by molar-refractivity contribution is 5.94. The smallest absolute Gasteiger partial charge is 0.345 e. The van der Waals surface area contributed by atoms with Crippen LogP contribution >= 0.6 is 0 Å². The first-order valence-corrected chi connectivity index (χ1v) is 20.3. The Bertz CT molecular complexity index is 1610. The van der Waals surface area contributed by atoms with Crippen LogP contribution in [0.15, 0.2) is 77.2 Å². The number of carbonyl (C=O) groups is 1. The molecule has 0 amide bonds. The molecule has 10 unspecified atom stereocenters. The molecular weight excluding hydrogens is 638 g/mol. The summed E-state index contributed by atoms with van der Waals surface area (Å²) in [5, 5.41) is 22.9. The zero-order valence-corrected chi connectivity index (χ0v) is 30.6. The molecule has 0 radical (unpaired) electrons. The van der Waals surface area contributed by atoms with Crippen molar-refractivity contribution in [3.63, 3.8) is 0 Å². The van der Waals surface area contributed by atoms with Crippen LogP contribution in [0, 0.1) is 46.8 Å². The zero-order chi connectivity index (χ0) is 34.9. The van der Waals surface area contributed by atoms with E-state index in [1.165, 1.54) is 70.5 Å². The molecule has 274 valence electrons. The number of hydrogen-bond acceptors (Lipinski definition) is 7. The minimum absolute atomic E-state index is 0.0605. The average Bonchev–Trinajstić information content (AvgIpc) is 3.99. The Hall–Kier alpha value is -2.87. The summed E-state index contributed by atoms with van der Waals surface area (Å²) in [6.07, 6.45) is 22.6. The Balaban J connectivity index is 1.12. The van der Waals surface area contributed by atoms with Gasteiger partial charge >= 0.3 is 5.97 Å². The molecule has 4 aliphatic carbocycles. The number of hydrogen-bond donors (Lipinski definition) is 2. The van der Waals surface area contributed by atoms with Gasteiger partial charge in [0.2, 0.25) is 5.76 Å². The van der Waals surface area contributed by atoms with E-state index in [9.17, 15) is 15.0 Å². The SMILES string of the molecule is COC1=C(CO)C(=O)OC1=C1OC2=CCCN3C(CC4C(CC5(CCCC5)C4c4ccccc4)C3C(O)C3C=CCC(C4CCCC4)C3)C2C1C. The Morgan fingerprint density at radius 2 is 1.80 bits per heavy atom. The molecule has 4 heterocycles. The van der Waals surface area contributed by atoms with E-state index in [1.54, 1.807) is 0 Å². The molecule has 5 fully saturated rings. The van der Waals surface area contributed by atoms with Crippen molar-refractivity contribution in [1.29, 1.82) is 0 Å². The number of carbonyl (C=O) groups excluding carboxylic acids is 1. The fourth-order valence-corrected chi connectivity index (χ4v) is 13.2. The van der Waals surface area contributed by atoms with Crippen molar-refractivity contribution in [2.75, 3.05) is 20.3 Å². The van der Waals surface area contributed by atoms with Gasteiger partial charge in [-0.3, -0.25) is 4.90 Å². The van der Waals surface area contributed by atoms with Crippen LogP contribution in [0.2, 0.25) is 0 Å². The first kappa shape index (κ1) is 33.9. The Morgan fingerprint density at radius 1 is 1.02 bits per heavy atom. The van der Waals surface area contributed by atoms with Crippen LogP contribution in [0.25, 0.3) is 0 Å². The van der Waals surface area contributed by atoms with Crippen LogP contribution in [0.1, 0.15) is 102 Å². The number of fused-ring (bicyclic) bond motifs is 4. The van der Waals surface area contributed by atoms with Gasteiger partial charge in [-0.1, -0.05) is 87.9 Å². The molecule has 2 saturated heterocycles. The first-order valence-electron chi connectivity index (χ1n) is 20.3. The molecule has 51 heavy (non-hydrogen) atoms.